The van der Waals surface area contributed by atoms with E-state index in [2.05, 4.69) is 0 Å². The van der Waals surface area contributed by atoms with Crippen molar-refractivity contribution in [1.82, 2.24) is 9.80 Å². The fourth-order valence-electron chi connectivity index (χ4n) is 2.99. The smallest absolute Gasteiger partial charge is 0.317 e. The first-order valence-electron chi connectivity index (χ1n) is 8.96. The number of methoxy groups -OCH3 is 1. The molecular formula is C19H28N2O6. The Morgan fingerprint density at radius 1 is 1.37 bits per heavy atom. The Bertz CT molecular complexity index is 664. The van der Waals surface area contributed by atoms with Gasteiger partial charge in [0.25, 0.3) is 5.91 Å². The summed E-state index contributed by atoms with van der Waals surface area (Å²) in [5.74, 6) is 0.107. The minimum atomic E-state index is -0.892. The third-order valence-electron chi connectivity index (χ3n) is 4.12. The molecule has 27 heavy (non-hydrogen) atoms. The Kier molecular flexibility index (Phi) is 7.44. The highest BCUT2D eigenvalue weighted by atomic mass is 16.5. The van der Waals surface area contributed by atoms with Gasteiger partial charge in [-0.1, -0.05) is 0 Å². The van der Waals surface area contributed by atoms with E-state index in [1.165, 1.54) is 0 Å². The maximum Gasteiger partial charge on any atom is 0.317 e. The summed E-state index contributed by atoms with van der Waals surface area (Å²) >= 11 is 0. The van der Waals surface area contributed by atoms with E-state index in [9.17, 15) is 9.59 Å². The molecule has 1 N–H and O–H groups in total. The van der Waals surface area contributed by atoms with Gasteiger partial charge in [-0.2, -0.15) is 0 Å². The summed E-state index contributed by atoms with van der Waals surface area (Å²) in [6.45, 7) is 5.55. The molecule has 8 nitrogen and oxygen atoms in total. The van der Waals surface area contributed by atoms with Crippen LogP contribution in [-0.2, 0) is 9.53 Å². The molecule has 0 bridgehead atoms. The zero-order valence-corrected chi connectivity index (χ0v) is 16.3. The van der Waals surface area contributed by atoms with Crippen molar-refractivity contribution in [3.8, 4) is 11.5 Å². The minimum absolute atomic E-state index is 0.00300. The molecule has 1 heterocycles. The van der Waals surface area contributed by atoms with Gasteiger partial charge in [-0.3, -0.25) is 14.5 Å². The van der Waals surface area contributed by atoms with E-state index in [4.69, 9.17) is 19.3 Å². The standard InChI is InChI=1S/C19H28N2O6/c1-13(2)27-16-6-5-14(9-17(16)25-4)19(24)21-7-8-26-15(11-21)10-20(3)12-18(22)23/h5-6,9,13,15H,7-8,10-12H2,1-4H3,(H,22,23). The van der Waals surface area contributed by atoms with E-state index in [0.29, 0.717) is 43.3 Å². The zero-order valence-electron chi connectivity index (χ0n) is 16.3. The first kappa shape index (κ1) is 21.0. The largest absolute Gasteiger partial charge is 0.493 e. The number of carboxylic acid groups (broad SMARTS) is 1. The van der Waals surface area contributed by atoms with Crippen molar-refractivity contribution >= 4 is 11.9 Å². The predicted molar refractivity (Wildman–Crippen MR) is 99.5 cm³/mol. The second kappa shape index (κ2) is 9.57. The lowest BCUT2D eigenvalue weighted by Gasteiger charge is -2.34. The lowest BCUT2D eigenvalue weighted by molar-refractivity contribution is -0.138. The van der Waals surface area contributed by atoms with E-state index in [1.807, 2.05) is 13.8 Å². The monoisotopic (exact) mass is 380 g/mol. The van der Waals surface area contributed by atoms with Crippen LogP contribution in [0.25, 0.3) is 0 Å². The van der Waals surface area contributed by atoms with Crippen LogP contribution in [0.5, 0.6) is 11.5 Å². The SMILES string of the molecule is COc1cc(C(=O)N2CCOC(CN(C)CC(=O)O)C2)ccc1OC(C)C. The molecule has 1 saturated heterocycles. The van der Waals surface area contributed by atoms with Gasteiger partial charge in [0.2, 0.25) is 0 Å². The molecule has 2 rings (SSSR count). The molecule has 0 aliphatic carbocycles. The van der Waals surface area contributed by atoms with Crippen molar-refractivity contribution in [2.75, 3.05) is 46.9 Å². The Hall–Kier alpha value is -2.32. The average Bonchev–Trinajstić information content (AvgIpc) is 2.60. The maximum atomic E-state index is 12.9. The van der Waals surface area contributed by atoms with Crippen molar-refractivity contribution in [3.63, 3.8) is 0 Å². The van der Waals surface area contributed by atoms with Crippen LogP contribution in [0.1, 0.15) is 24.2 Å². The van der Waals surface area contributed by atoms with Crippen LogP contribution < -0.4 is 9.47 Å². The number of carbonyl (C=O) groups excluding carboxylic acids is 1. The number of amides is 1. The predicted octanol–water partition coefficient (Wildman–Crippen LogP) is 1.34. The molecule has 0 saturated carbocycles. The third kappa shape index (κ3) is 6.11. The highest BCUT2D eigenvalue weighted by Gasteiger charge is 2.27. The molecule has 1 unspecified atom stereocenters. The van der Waals surface area contributed by atoms with Gasteiger partial charge in [-0.15, -0.1) is 0 Å². The highest BCUT2D eigenvalue weighted by Crippen LogP contribution is 2.29. The maximum absolute atomic E-state index is 12.9. The number of hydrogen-bond donors (Lipinski definition) is 1. The van der Waals surface area contributed by atoms with E-state index in [-0.39, 0.29) is 24.7 Å². The highest BCUT2D eigenvalue weighted by molar-refractivity contribution is 5.95. The lowest BCUT2D eigenvalue weighted by Crippen LogP contribution is -2.49. The second-order valence-electron chi connectivity index (χ2n) is 6.87. The normalized spacial score (nSPS) is 17.3. The Morgan fingerprint density at radius 2 is 2.11 bits per heavy atom. The van der Waals surface area contributed by atoms with Gasteiger partial charge in [-0.05, 0) is 39.1 Å². The van der Waals surface area contributed by atoms with Crippen molar-refractivity contribution in [1.29, 1.82) is 0 Å². The van der Waals surface area contributed by atoms with Crippen molar-refractivity contribution in [2.45, 2.75) is 26.1 Å². The number of carboxylic acids is 1. The summed E-state index contributed by atoms with van der Waals surface area (Å²) in [4.78, 5) is 27.1. The number of nitrogens with zero attached hydrogens (tertiary/aromatic N) is 2. The van der Waals surface area contributed by atoms with E-state index >= 15 is 0 Å². The van der Waals surface area contributed by atoms with Crippen LogP contribution in [0, 0.1) is 0 Å². The summed E-state index contributed by atoms with van der Waals surface area (Å²) in [5, 5.41) is 8.86. The Balaban J connectivity index is 2.04. The number of likely N-dealkylation sites (N-methyl/N-ethyl adjacent to an activating group) is 1. The molecule has 8 heteroatoms. The topological polar surface area (TPSA) is 88.5 Å². The molecular weight excluding hydrogens is 352 g/mol. The van der Waals surface area contributed by atoms with Gasteiger partial charge in [0.15, 0.2) is 11.5 Å². The first-order valence-corrected chi connectivity index (χ1v) is 8.96. The van der Waals surface area contributed by atoms with Gasteiger partial charge in [-0.25, -0.2) is 0 Å². The van der Waals surface area contributed by atoms with E-state index in [0.717, 1.165) is 0 Å². The number of benzene rings is 1. The van der Waals surface area contributed by atoms with Gasteiger partial charge in [0.1, 0.15) is 0 Å². The van der Waals surface area contributed by atoms with E-state index < -0.39 is 5.97 Å². The molecule has 1 atom stereocenters. The number of carbonyl (C=O) groups is 2. The fourth-order valence-corrected chi connectivity index (χ4v) is 2.99. The number of hydrogen-bond acceptors (Lipinski definition) is 6. The summed E-state index contributed by atoms with van der Waals surface area (Å²) in [5.41, 5.74) is 0.516. The molecule has 1 amide bonds. The number of aliphatic carboxylic acids is 1. The number of rotatable bonds is 8. The van der Waals surface area contributed by atoms with Crippen LogP contribution in [0.3, 0.4) is 0 Å². The van der Waals surface area contributed by atoms with Gasteiger partial charge in [0.05, 0.1) is 32.5 Å². The Morgan fingerprint density at radius 3 is 2.74 bits per heavy atom. The lowest BCUT2D eigenvalue weighted by atomic mass is 10.1. The number of ether oxygens (including phenoxy) is 3. The third-order valence-corrected chi connectivity index (χ3v) is 4.12. The molecule has 150 valence electrons. The molecule has 1 fully saturated rings. The van der Waals surface area contributed by atoms with Crippen LogP contribution in [0.2, 0.25) is 0 Å². The van der Waals surface area contributed by atoms with Crippen LogP contribution >= 0.6 is 0 Å². The summed E-state index contributed by atoms with van der Waals surface area (Å²) < 4.78 is 16.7. The minimum Gasteiger partial charge on any atom is -0.493 e. The van der Waals surface area contributed by atoms with Gasteiger partial charge in [0, 0.05) is 25.2 Å². The number of morpholine rings is 1. The quantitative estimate of drug-likeness (QED) is 0.728. The molecule has 1 aliphatic heterocycles. The summed E-state index contributed by atoms with van der Waals surface area (Å²) in [6, 6.07) is 5.15. The molecule has 1 aliphatic rings. The Labute approximate surface area is 159 Å². The van der Waals surface area contributed by atoms with Crippen molar-refractivity contribution in [2.24, 2.45) is 0 Å². The van der Waals surface area contributed by atoms with Crippen molar-refractivity contribution < 1.29 is 28.9 Å². The summed E-state index contributed by atoms with van der Waals surface area (Å²) in [7, 11) is 3.26. The molecule has 1 aromatic carbocycles. The van der Waals surface area contributed by atoms with Gasteiger partial charge >= 0.3 is 5.97 Å². The molecule has 1 aromatic rings. The first-order chi connectivity index (χ1) is 12.8. The van der Waals surface area contributed by atoms with Crippen molar-refractivity contribution in [3.05, 3.63) is 23.8 Å². The summed E-state index contributed by atoms with van der Waals surface area (Å²) in [6.07, 6.45) is -0.222. The molecule has 0 spiro atoms. The van der Waals surface area contributed by atoms with Crippen LogP contribution in [0.4, 0.5) is 0 Å². The second-order valence-corrected chi connectivity index (χ2v) is 6.87. The molecule has 0 radical (unpaired) electrons. The van der Waals surface area contributed by atoms with Gasteiger partial charge < -0.3 is 24.2 Å². The van der Waals surface area contributed by atoms with E-state index in [1.54, 1.807) is 42.2 Å². The van der Waals surface area contributed by atoms with Crippen LogP contribution in [0.15, 0.2) is 18.2 Å². The fraction of sp³-hybridized carbons (Fsp3) is 0.579. The van der Waals surface area contributed by atoms with Crippen LogP contribution in [-0.4, -0.2) is 85.9 Å². The zero-order chi connectivity index (χ0) is 20.0. The molecule has 0 aromatic heterocycles. The average molecular weight is 380 g/mol.